The summed E-state index contributed by atoms with van der Waals surface area (Å²) >= 11 is 0. The van der Waals surface area contributed by atoms with E-state index in [9.17, 15) is 9.59 Å². The number of carbonyl (C=O) groups is 1. The van der Waals surface area contributed by atoms with E-state index in [0.29, 0.717) is 17.7 Å². The van der Waals surface area contributed by atoms with Crippen LogP contribution in [0.1, 0.15) is 5.56 Å². The summed E-state index contributed by atoms with van der Waals surface area (Å²) < 4.78 is 1.75. The van der Waals surface area contributed by atoms with Crippen molar-refractivity contribution in [3.8, 4) is 0 Å². The average Bonchev–Trinajstić information content (AvgIpc) is 2.57. The molecule has 0 bridgehead atoms. The average molecular weight is 308 g/mol. The molecule has 6 nitrogen and oxygen atoms in total. The number of nitrogen functional groups attached to an aromatic ring is 1. The van der Waals surface area contributed by atoms with Crippen molar-refractivity contribution >= 4 is 22.6 Å². The lowest BCUT2D eigenvalue weighted by Gasteiger charge is -2.11. The van der Waals surface area contributed by atoms with Gasteiger partial charge in [-0.2, -0.15) is 0 Å². The largest absolute Gasteiger partial charge is 0.383 e. The molecule has 2 aromatic heterocycles. The van der Waals surface area contributed by atoms with Gasteiger partial charge in [-0.25, -0.2) is 4.98 Å². The molecular formula is C17H16N4O2. The fourth-order valence-corrected chi connectivity index (χ4v) is 2.40. The van der Waals surface area contributed by atoms with Gasteiger partial charge in [0, 0.05) is 36.0 Å². The molecule has 3 N–H and O–H groups in total. The number of pyridine rings is 2. The zero-order valence-corrected chi connectivity index (χ0v) is 12.4. The van der Waals surface area contributed by atoms with E-state index < -0.39 is 0 Å². The number of anilines is 1. The topological polar surface area (TPSA) is 90.0 Å². The maximum atomic E-state index is 12.2. The molecule has 23 heavy (non-hydrogen) atoms. The lowest BCUT2D eigenvalue weighted by Crippen LogP contribution is -2.28. The predicted molar refractivity (Wildman–Crippen MR) is 88.7 cm³/mol. The number of rotatable bonds is 4. The molecule has 3 rings (SSSR count). The van der Waals surface area contributed by atoms with Crippen LogP contribution < -0.4 is 16.5 Å². The van der Waals surface area contributed by atoms with Crippen molar-refractivity contribution in [3.05, 3.63) is 70.6 Å². The van der Waals surface area contributed by atoms with E-state index in [1.165, 1.54) is 6.07 Å². The number of nitrogens with one attached hydrogen (secondary N) is 1. The summed E-state index contributed by atoms with van der Waals surface area (Å²) in [7, 11) is 0. The Labute approximate surface area is 132 Å². The minimum absolute atomic E-state index is 0.0552. The molecule has 2 heterocycles. The van der Waals surface area contributed by atoms with Gasteiger partial charge in [0.2, 0.25) is 5.91 Å². The van der Waals surface area contributed by atoms with E-state index in [1.54, 1.807) is 35.2 Å². The van der Waals surface area contributed by atoms with Crippen molar-refractivity contribution in [2.45, 2.75) is 13.1 Å². The number of nitrogens with zero attached hydrogens (tertiary/aromatic N) is 2. The first-order valence-electron chi connectivity index (χ1n) is 7.19. The normalized spacial score (nSPS) is 10.6. The Morgan fingerprint density at radius 1 is 1.17 bits per heavy atom. The molecule has 0 fully saturated rings. The van der Waals surface area contributed by atoms with E-state index in [2.05, 4.69) is 10.3 Å². The number of fused-ring (bicyclic) bond motifs is 1. The second kappa shape index (κ2) is 6.31. The van der Waals surface area contributed by atoms with Crippen molar-refractivity contribution in [1.82, 2.24) is 14.9 Å². The highest BCUT2D eigenvalue weighted by Crippen LogP contribution is 2.09. The van der Waals surface area contributed by atoms with Crippen molar-refractivity contribution in [1.29, 1.82) is 0 Å². The molecule has 0 saturated carbocycles. The van der Waals surface area contributed by atoms with Gasteiger partial charge >= 0.3 is 0 Å². The number of nitrogens with two attached hydrogens (primary N) is 1. The van der Waals surface area contributed by atoms with Crippen LogP contribution in [0.5, 0.6) is 0 Å². The Hall–Kier alpha value is -3.15. The predicted octanol–water partition coefficient (Wildman–Crippen LogP) is 1.30. The van der Waals surface area contributed by atoms with Gasteiger partial charge in [0.1, 0.15) is 12.4 Å². The van der Waals surface area contributed by atoms with E-state index in [-0.39, 0.29) is 17.9 Å². The van der Waals surface area contributed by atoms with Gasteiger partial charge < -0.3 is 15.6 Å². The van der Waals surface area contributed by atoms with Gasteiger partial charge in [0.15, 0.2) is 5.43 Å². The summed E-state index contributed by atoms with van der Waals surface area (Å²) in [6, 6.07) is 12.3. The molecule has 6 heteroatoms. The van der Waals surface area contributed by atoms with Crippen molar-refractivity contribution in [2.24, 2.45) is 0 Å². The van der Waals surface area contributed by atoms with E-state index in [1.807, 2.05) is 18.2 Å². The number of carbonyl (C=O) groups excluding carboxylic acids is 1. The van der Waals surface area contributed by atoms with Crippen LogP contribution in [0.4, 0.5) is 5.82 Å². The Balaban J connectivity index is 1.75. The highest BCUT2D eigenvalue weighted by molar-refractivity contribution is 5.82. The quantitative estimate of drug-likeness (QED) is 0.760. The third-order valence-electron chi connectivity index (χ3n) is 3.60. The van der Waals surface area contributed by atoms with Crippen LogP contribution in [0.15, 0.2) is 59.7 Å². The van der Waals surface area contributed by atoms with Crippen molar-refractivity contribution in [3.63, 3.8) is 0 Å². The molecule has 0 radical (unpaired) electrons. The fraction of sp³-hybridized carbons (Fsp3) is 0.118. The lowest BCUT2D eigenvalue weighted by atomic mass is 10.2. The molecule has 3 aromatic rings. The smallest absolute Gasteiger partial charge is 0.240 e. The summed E-state index contributed by atoms with van der Waals surface area (Å²) in [5.41, 5.74) is 7.19. The Bertz CT molecular complexity index is 918. The Kier molecular flexibility index (Phi) is 4.05. The molecule has 0 aliphatic rings. The summed E-state index contributed by atoms with van der Waals surface area (Å²) in [4.78, 5) is 28.0. The number of benzene rings is 1. The molecule has 0 saturated heterocycles. The number of aromatic nitrogens is 2. The minimum atomic E-state index is -0.165. The van der Waals surface area contributed by atoms with Gasteiger partial charge in [0.25, 0.3) is 0 Å². The van der Waals surface area contributed by atoms with Crippen LogP contribution in [0.3, 0.4) is 0 Å². The molecule has 116 valence electrons. The molecule has 0 aliphatic carbocycles. The number of amides is 1. The number of hydrogen-bond donors (Lipinski definition) is 2. The zero-order chi connectivity index (χ0) is 16.2. The zero-order valence-electron chi connectivity index (χ0n) is 12.4. The minimum Gasteiger partial charge on any atom is -0.383 e. The highest BCUT2D eigenvalue weighted by Gasteiger charge is 2.07. The highest BCUT2D eigenvalue weighted by atomic mass is 16.2. The Morgan fingerprint density at radius 2 is 2.00 bits per heavy atom. The monoisotopic (exact) mass is 308 g/mol. The second-order valence-electron chi connectivity index (χ2n) is 5.15. The van der Waals surface area contributed by atoms with Crippen LogP contribution in [-0.2, 0) is 17.9 Å². The number of para-hydroxylation sites is 1. The summed E-state index contributed by atoms with van der Waals surface area (Å²) in [6.07, 6.45) is 3.23. The van der Waals surface area contributed by atoms with Gasteiger partial charge in [-0.3, -0.25) is 9.59 Å². The van der Waals surface area contributed by atoms with Crippen LogP contribution in [0, 0.1) is 0 Å². The van der Waals surface area contributed by atoms with E-state index >= 15 is 0 Å². The van der Waals surface area contributed by atoms with Crippen molar-refractivity contribution in [2.75, 3.05) is 5.73 Å². The third kappa shape index (κ3) is 3.21. The molecule has 1 aromatic carbocycles. The van der Waals surface area contributed by atoms with E-state index in [4.69, 9.17) is 5.73 Å². The third-order valence-corrected chi connectivity index (χ3v) is 3.60. The van der Waals surface area contributed by atoms with Crippen LogP contribution in [0.25, 0.3) is 10.9 Å². The first-order chi connectivity index (χ1) is 11.1. The second-order valence-corrected chi connectivity index (χ2v) is 5.15. The van der Waals surface area contributed by atoms with Crippen LogP contribution in [-0.4, -0.2) is 15.5 Å². The van der Waals surface area contributed by atoms with Gasteiger partial charge in [0.05, 0.1) is 5.52 Å². The standard InChI is InChI=1S/C17H16N4O2/c18-17-12(4-3-8-19-17)10-20-16(23)11-21-9-7-15(22)13-5-1-2-6-14(13)21/h1-9H,10-11H2,(H2,18,19)(H,20,23). The van der Waals surface area contributed by atoms with Crippen molar-refractivity contribution < 1.29 is 4.79 Å². The molecule has 0 spiro atoms. The van der Waals surface area contributed by atoms with Crippen LogP contribution in [0.2, 0.25) is 0 Å². The first-order valence-corrected chi connectivity index (χ1v) is 7.19. The van der Waals surface area contributed by atoms with Gasteiger partial charge in [-0.1, -0.05) is 18.2 Å². The molecule has 1 amide bonds. The van der Waals surface area contributed by atoms with E-state index in [0.717, 1.165) is 11.1 Å². The van der Waals surface area contributed by atoms with Crippen LogP contribution >= 0.6 is 0 Å². The van der Waals surface area contributed by atoms with Gasteiger partial charge in [-0.05, 0) is 18.2 Å². The Morgan fingerprint density at radius 3 is 2.83 bits per heavy atom. The lowest BCUT2D eigenvalue weighted by molar-refractivity contribution is -0.121. The summed E-state index contributed by atoms with van der Waals surface area (Å²) in [5, 5.41) is 3.41. The molecule has 0 aliphatic heterocycles. The molecular weight excluding hydrogens is 292 g/mol. The first kappa shape index (κ1) is 14.8. The number of hydrogen-bond acceptors (Lipinski definition) is 4. The maximum absolute atomic E-state index is 12.2. The summed E-state index contributed by atoms with van der Waals surface area (Å²) in [6.45, 7) is 0.442. The fourth-order valence-electron chi connectivity index (χ4n) is 2.40. The summed E-state index contributed by atoms with van der Waals surface area (Å²) in [5.74, 6) is 0.240. The van der Waals surface area contributed by atoms with Gasteiger partial charge in [-0.15, -0.1) is 0 Å². The molecule has 0 unspecified atom stereocenters. The maximum Gasteiger partial charge on any atom is 0.240 e. The molecule has 0 atom stereocenters. The SMILES string of the molecule is Nc1ncccc1CNC(=O)Cn1ccc(=O)c2ccccc21.